The molecule has 1 aliphatic carbocycles. The van der Waals surface area contributed by atoms with Crippen molar-refractivity contribution in [1.29, 1.82) is 0 Å². The van der Waals surface area contributed by atoms with Crippen LogP contribution in [-0.4, -0.2) is 60.5 Å². The fourth-order valence-electron chi connectivity index (χ4n) is 3.13. The molecule has 1 aromatic heterocycles. The van der Waals surface area contributed by atoms with Crippen LogP contribution in [0.4, 0.5) is 11.6 Å². The first-order valence-corrected chi connectivity index (χ1v) is 11.9. The summed E-state index contributed by atoms with van der Waals surface area (Å²) in [6.07, 6.45) is 4.29. The summed E-state index contributed by atoms with van der Waals surface area (Å²) in [5.74, 6) is -0.533. The van der Waals surface area contributed by atoms with Gasteiger partial charge in [-0.25, -0.2) is 18.4 Å². The van der Waals surface area contributed by atoms with Crippen molar-refractivity contribution in [3.63, 3.8) is 0 Å². The largest absolute Gasteiger partial charge is 0.389 e. The molecule has 1 aliphatic heterocycles. The molecule has 12 heteroatoms. The van der Waals surface area contributed by atoms with Gasteiger partial charge in [0.2, 0.25) is 5.91 Å². The normalized spacial score (nSPS) is 18.6. The number of sulfone groups is 1. The van der Waals surface area contributed by atoms with Crippen molar-refractivity contribution in [3.05, 3.63) is 42.2 Å². The van der Waals surface area contributed by atoms with E-state index >= 15 is 0 Å². The molecule has 0 spiro atoms. The third-order valence-corrected chi connectivity index (χ3v) is 7.29. The van der Waals surface area contributed by atoms with E-state index < -0.39 is 15.7 Å². The van der Waals surface area contributed by atoms with Crippen molar-refractivity contribution in [2.75, 3.05) is 23.8 Å². The third-order valence-electron chi connectivity index (χ3n) is 5.01. The summed E-state index contributed by atoms with van der Waals surface area (Å²) >= 11 is 0. The molecule has 2 aliphatic rings. The van der Waals surface area contributed by atoms with Crippen molar-refractivity contribution in [1.82, 2.24) is 9.97 Å². The smallest absolute Gasteiger partial charge is 0.279 e. The Morgan fingerprint density at radius 3 is 2.27 bits per heavy atom. The Morgan fingerprint density at radius 2 is 1.73 bits per heavy atom. The molecule has 174 valence electrons. The Bertz CT molecular complexity index is 1150. The number of rotatable bonds is 8. The van der Waals surface area contributed by atoms with Crippen molar-refractivity contribution >= 4 is 39.0 Å². The van der Waals surface area contributed by atoms with Crippen LogP contribution in [0.2, 0.25) is 0 Å². The van der Waals surface area contributed by atoms with Crippen molar-refractivity contribution in [3.8, 4) is 0 Å². The third kappa shape index (κ3) is 5.71. The fraction of sp³-hybridized carbons (Fsp3) is 0.381. The summed E-state index contributed by atoms with van der Waals surface area (Å²) in [6, 6.07) is 5.97. The lowest BCUT2D eigenvalue weighted by molar-refractivity contribution is -0.114. The van der Waals surface area contributed by atoms with Gasteiger partial charge in [-0.3, -0.25) is 9.59 Å². The number of hydrogen-bond donors (Lipinski definition) is 2. The average molecular weight is 474 g/mol. The molecule has 1 saturated heterocycles. The standard InChI is InChI=1S/C21H23N5O6S/c1-13(27)24-18-10-23-19(11-22-18)25-21(28)20(26-32-15-8-9-31-12-15)14-2-4-16(5-3-14)33(29,30)17-6-7-17/h2-5,10-11,15,17H,6-9,12H2,1H3,(H,22,24,27)(H,23,25,28)/b26-20+/t15-/m1/s1. The first-order chi connectivity index (χ1) is 15.8. The molecular weight excluding hydrogens is 450 g/mol. The molecule has 1 atom stereocenters. The molecule has 4 rings (SSSR count). The number of ether oxygens (including phenoxy) is 1. The van der Waals surface area contributed by atoms with Crippen LogP contribution >= 0.6 is 0 Å². The lowest BCUT2D eigenvalue weighted by atomic mass is 10.1. The Balaban J connectivity index is 1.54. The van der Waals surface area contributed by atoms with Crippen LogP contribution in [0.5, 0.6) is 0 Å². The van der Waals surface area contributed by atoms with E-state index in [0.717, 1.165) is 0 Å². The minimum atomic E-state index is -3.35. The number of carbonyl (C=O) groups is 2. The first-order valence-electron chi connectivity index (χ1n) is 10.4. The van der Waals surface area contributed by atoms with E-state index in [2.05, 4.69) is 25.8 Å². The number of carbonyl (C=O) groups excluding carboxylic acids is 2. The molecule has 0 radical (unpaired) electrons. The maximum atomic E-state index is 13.0. The van der Waals surface area contributed by atoms with E-state index in [-0.39, 0.29) is 39.5 Å². The molecule has 0 bridgehead atoms. The van der Waals surface area contributed by atoms with Crippen molar-refractivity contribution < 1.29 is 27.6 Å². The lowest BCUT2D eigenvalue weighted by Gasteiger charge is -2.11. The van der Waals surface area contributed by atoms with E-state index in [0.29, 0.717) is 38.0 Å². The number of amides is 2. The summed E-state index contributed by atoms with van der Waals surface area (Å²) < 4.78 is 30.2. The summed E-state index contributed by atoms with van der Waals surface area (Å²) in [5, 5.41) is 8.78. The van der Waals surface area contributed by atoms with E-state index in [1.54, 1.807) is 0 Å². The maximum Gasteiger partial charge on any atom is 0.279 e. The highest BCUT2D eigenvalue weighted by Crippen LogP contribution is 2.33. The molecule has 2 aromatic rings. The SMILES string of the molecule is CC(=O)Nc1cnc(NC(=O)/C(=N/O[C@@H]2CCOC2)c2ccc(S(=O)(=O)C3CC3)cc2)cn1. The van der Waals surface area contributed by atoms with Gasteiger partial charge in [-0.15, -0.1) is 0 Å². The van der Waals surface area contributed by atoms with Crippen LogP contribution in [0, 0.1) is 0 Å². The number of benzene rings is 1. The number of aromatic nitrogens is 2. The van der Waals surface area contributed by atoms with E-state index in [1.807, 2.05) is 0 Å². The molecule has 1 saturated carbocycles. The van der Waals surface area contributed by atoms with Crippen molar-refractivity contribution in [2.45, 2.75) is 42.4 Å². The topological polar surface area (TPSA) is 149 Å². The van der Waals surface area contributed by atoms with Gasteiger partial charge < -0.3 is 20.2 Å². The molecule has 2 N–H and O–H groups in total. The van der Waals surface area contributed by atoms with Gasteiger partial charge in [0.05, 0.1) is 35.8 Å². The Labute approximate surface area is 190 Å². The lowest BCUT2D eigenvalue weighted by Crippen LogP contribution is -2.26. The molecule has 2 fully saturated rings. The predicted molar refractivity (Wildman–Crippen MR) is 118 cm³/mol. The summed E-state index contributed by atoms with van der Waals surface area (Å²) in [7, 11) is -3.35. The van der Waals surface area contributed by atoms with Gasteiger partial charge >= 0.3 is 0 Å². The van der Waals surface area contributed by atoms with E-state index in [4.69, 9.17) is 9.57 Å². The average Bonchev–Trinajstić information content (AvgIpc) is 3.53. The molecule has 0 unspecified atom stereocenters. The molecule has 2 amide bonds. The van der Waals surface area contributed by atoms with Gasteiger partial charge in [-0.2, -0.15) is 0 Å². The number of hydrogen-bond acceptors (Lipinski definition) is 9. The van der Waals surface area contributed by atoms with Crippen LogP contribution < -0.4 is 10.6 Å². The second-order valence-electron chi connectivity index (χ2n) is 7.72. The Hall–Kier alpha value is -3.38. The monoisotopic (exact) mass is 473 g/mol. The maximum absolute atomic E-state index is 13.0. The van der Waals surface area contributed by atoms with Gasteiger partial charge in [0, 0.05) is 18.9 Å². The second kappa shape index (κ2) is 9.63. The Morgan fingerprint density at radius 1 is 1.06 bits per heavy atom. The second-order valence-corrected chi connectivity index (χ2v) is 9.95. The van der Waals surface area contributed by atoms with Gasteiger partial charge in [0.15, 0.2) is 33.3 Å². The highest BCUT2D eigenvalue weighted by atomic mass is 32.2. The van der Waals surface area contributed by atoms with Gasteiger partial charge in [-0.05, 0) is 25.0 Å². The zero-order valence-electron chi connectivity index (χ0n) is 17.9. The van der Waals surface area contributed by atoms with E-state index in [1.165, 1.54) is 43.6 Å². The Kier molecular flexibility index (Phi) is 6.65. The van der Waals surface area contributed by atoms with Crippen LogP contribution in [-0.2, 0) is 29.0 Å². The summed E-state index contributed by atoms with van der Waals surface area (Å²) in [6.45, 7) is 2.26. The van der Waals surface area contributed by atoms with E-state index in [9.17, 15) is 18.0 Å². The van der Waals surface area contributed by atoms with Crippen LogP contribution in [0.3, 0.4) is 0 Å². The van der Waals surface area contributed by atoms with Crippen molar-refractivity contribution in [2.24, 2.45) is 5.16 Å². The molecule has 2 heterocycles. The molecule has 33 heavy (non-hydrogen) atoms. The number of nitrogens with one attached hydrogen (secondary N) is 2. The highest BCUT2D eigenvalue weighted by Gasteiger charge is 2.36. The van der Waals surface area contributed by atoms with Crippen LogP contribution in [0.25, 0.3) is 0 Å². The van der Waals surface area contributed by atoms with Gasteiger partial charge in [-0.1, -0.05) is 17.3 Å². The fourth-order valence-corrected chi connectivity index (χ4v) is 4.79. The zero-order valence-corrected chi connectivity index (χ0v) is 18.7. The van der Waals surface area contributed by atoms with Crippen LogP contribution in [0.1, 0.15) is 31.7 Å². The number of anilines is 2. The first kappa shape index (κ1) is 22.8. The molecule has 11 nitrogen and oxygen atoms in total. The van der Waals surface area contributed by atoms with Gasteiger partial charge in [0.1, 0.15) is 0 Å². The minimum Gasteiger partial charge on any atom is -0.389 e. The number of nitrogens with zero attached hydrogens (tertiary/aromatic N) is 3. The van der Waals surface area contributed by atoms with Gasteiger partial charge in [0.25, 0.3) is 5.91 Å². The zero-order chi connectivity index (χ0) is 23.4. The van der Waals surface area contributed by atoms with Crippen LogP contribution in [0.15, 0.2) is 46.7 Å². The molecular formula is C21H23N5O6S. The quantitative estimate of drug-likeness (QED) is 0.433. The predicted octanol–water partition coefficient (Wildman–Crippen LogP) is 1.52. The summed E-state index contributed by atoms with van der Waals surface area (Å²) in [4.78, 5) is 37.8. The molecule has 1 aromatic carbocycles. The summed E-state index contributed by atoms with van der Waals surface area (Å²) in [5.41, 5.74) is 0.328. The minimum absolute atomic E-state index is 0.0509. The number of oxime groups is 1. The highest BCUT2D eigenvalue weighted by molar-refractivity contribution is 7.92.